The first-order valence-electron chi connectivity index (χ1n) is 5.68. The number of ether oxygens (including phenoxy) is 1. The molecule has 6 nitrogen and oxygen atoms in total. The van der Waals surface area contributed by atoms with Gasteiger partial charge in [-0.1, -0.05) is 0 Å². The second-order valence-electron chi connectivity index (χ2n) is 4.17. The molecule has 0 unspecified atom stereocenters. The van der Waals surface area contributed by atoms with E-state index in [-0.39, 0.29) is 0 Å². The molecule has 7 heteroatoms. The molecule has 0 atom stereocenters. The Balaban J connectivity index is 2.18. The van der Waals surface area contributed by atoms with E-state index in [1.54, 1.807) is 12.3 Å². The van der Waals surface area contributed by atoms with Gasteiger partial charge in [-0.05, 0) is 6.07 Å². The number of nitrogens with zero attached hydrogens (tertiary/aromatic N) is 3. The number of nitrogens with two attached hydrogens (primary N) is 1. The predicted octanol–water partition coefficient (Wildman–Crippen LogP) is 1.49. The number of hydrogen-bond donors (Lipinski definition) is 1. The van der Waals surface area contributed by atoms with Crippen molar-refractivity contribution in [2.24, 2.45) is 7.05 Å². The smallest absolute Gasteiger partial charge is 0.350 e. The largest absolute Gasteiger partial charge is 0.465 e. The minimum atomic E-state index is -0.404. The van der Waals surface area contributed by atoms with E-state index < -0.39 is 5.97 Å². The Kier molecular flexibility index (Phi) is 3.75. The zero-order valence-corrected chi connectivity index (χ0v) is 11.9. The highest BCUT2D eigenvalue weighted by molar-refractivity contribution is 7.18. The summed E-state index contributed by atoms with van der Waals surface area (Å²) in [5.41, 5.74) is 6.26. The number of aromatic nitrogens is 2. The first kappa shape index (κ1) is 13.4. The van der Waals surface area contributed by atoms with Crippen molar-refractivity contribution in [1.82, 2.24) is 9.55 Å². The average Bonchev–Trinajstić information content (AvgIpc) is 2.95. The summed E-state index contributed by atoms with van der Waals surface area (Å²) in [6, 6.07) is 1.78. The van der Waals surface area contributed by atoms with E-state index in [4.69, 9.17) is 10.5 Å². The molecule has 0 amide bonds. The van der Waals surface area contributed by atoms with Crippen molar-refractivity contribution in [2.45, 2.75) is 6.54 Å². The summed E-state index contributed by atoms with van der Waals surface area (Å²) in [7, 11) is 5.22. The molecular formula is C12H16N4O2S. The van der Waals surface area contributed by atoms with Crippen LogP contribution in [0.1, 0.15) is 15.5 Å². The molecule has 0 fully saturated rings. The Morgan fingerprint density at radius 1 is 1.63 bits per heavy atom. The van der Waals surface area contributed by atoms with Crippen LogP contribution in [0.25, 0.3) is 0 Å². The van der Waals surface area contributed by atoms with Gasteiger partial charge < -0.3 is 19.9 Å². The molecule has 2 heterocycles. The fraction of sp³-hybridized carbons (Fsp3) is 0.333. The molecule has 2 aromatic heterocycles. The molecule has 0 spiro atoms. The Hall–Kier alpha value is -2.02. The van der Waals surface area contributed by atoms with Crippen molar-refractivity contribution in [2.75, 3.05) is 24.8 Å². The second kappa shape index (κ2) is 5.31. The van der Waals surface area contributed by atoms with Crippen molar-refractivity contribution in [1.29, 1.82) is 0 Å². The molecule has 2 rings (SSSR count). The van der Waals surface area contributed by atoms with Gasteiger partial charge in [0.25, 0.3) is 0 Å². The van der Waals surface area contributed by atoms with Crippen molar-refractivity contribution in [3.8, 4) is 0 Å². The van der Waals surface area contributed by atoms with Gasteiger partial charge in [-0.3, -0.25) is 0 Å². The van der Waals surface area contributed by atoms with Crippen molar-refractivity contribution in [3.05, 3.63) is 29.2 Å². The van der Waals surface area contributed by atoms with E-state index in [0.29, 0.717) is 17.1 Å². The zero-order valence-electron chi connectivity index (χ0n) is 11.1. The molecule has 0 saturated carbocycles. The summed E-state index contributed by atoms with van der Waals surface area (Å²) < 4.78 is 6.64. The molecule has 102 valence electrons. The molecule has 0 aliphatic carbocycles. The molecule has 0 saturated heterocycles. The number of hydrogen-bond acceptors (Lipinski definition) is 6. The number of methoxy groups -OCH3 is 1. The highest BCUT2D eigenvalue weighted by Gasteiger charge is 2.17. The monoisotopic (exact) mass is 280 g/mol. The van der Waals surface area contributed by atoms with Crippen molar-refractivity contribution < 1.29 is 9.53 Å². The number of imidazole rings is 1. The molecule has 0 aromatic carbocycles. The number of carbonyl (C=O) groups is 1. The quantitative estimate of drug-likeness (QED) is 0.859. The summed E-state index contributed by atoms with van der Waals surface area (Å²) in [4.78, 5) is 18.2. The third-order valence-corrected chi connectivity index (χ3v) is 4.04. The van der Waals surface area contributed by atoms with Crippen LogP contribution in [0.4, 0.5) is 10.7 Å². The predicted molar refractivity (Wildman–Crippen MR) is 75.4 cm³/mol. The van der Waals surface area contributed by atoms with Gasteiger partial charge in [0.15, 0.2) is 0 Å². The highest BCUT2D eigenvalue weighted by atomic mass is 32.1. The van der Waals surface area contributed by atoms with Crippen LogP contribution in [0.5, 0.6) is 0 Å². The van der Waals surface area contributed by atoms with Gasteiger partial charge in [0, 0.05) is 26.5 Å². The van der Waals surface area contributed by atoms with Gasteiger partial charge in [-0.25, -0.2) is 9.78 Å². The fourth-order valence-corrected chi connectivity index (χ4v) is 2.63. The van der Waals surface area contributed by atoms with Crippen LogP contribution in [-0.2, 0) is 18.3 Å². The van der Waals surface area contributed by atoms with Gasteiger partial charge in [0.1, 0.15) is 10.7 Å². The Labute approximate surface area is 115 Å². The third kappa shape index (κ3) is 2.70. The standard InChI is InChI=1S/C12H16N4O2S/c1-15-5-4-14-9(15)7-16(2)10-6-8(13)11(19-10)12(17)18-3/h4-6H,7,13H2,1-3H3. The molecule has 0 radical (unpaired) electrons. The van der Waals surface area contributed by atoms with Crippen LogP contribution in [0.15, 0.2) is 18.5 Å². The summed E-state index contributed by atoms with van der Waals surface area (Å²) in [5.74, 6) is 0.535. The molecule has 0 aliphatic heterocycles. The minimum Gasteiger partial charge on any atom is -0.465 e. The Bertz CT molecular complexity index is 590. The number of rotatable bonds is 4. The summed E-state index contributed by atoms with van der Waals surface area (Å²) in [6.45, 7) is 0.643. The number of esters is 1. The number of aryl methyl sites for hydroxylation is 1. The van der Waals surface area contributed by atoms with Crippen LogP contribution in [0, 0.1) is 0 Å². The van der Waals surface area contributed by atoms with E-state index in [1.807, 2.05) is 29.8 Å². The average molecular weight is 280 g/mol. The highest BCUT2D eigenvalue weighted by Crippen LogP contribution is 2.32. The van der Waals surface area contributed by atoms with Gasteiger partial charge >= 0.3 is 5.97 Å². The van der Waals surface area contributed by atoms with Gasteiger partial charge in [-0.2, -0.15) is 0 Å². The van der Waals surface area contributed by atoms with E-state index in [9.17, 15) is 4.79 Å². The van der Waals surface area contributed by atoms with Crippen LogP contribution in [-0.4, -0.2) is 29.7 Å². The minimum absolute atomic E-state index is 0.404. The topological polar surface area (TPSA) is 73.4 Å². The summed E-state index contributed by atoms with van der Waals surface area (Å²) in [5, 5.41) is 0.904. The van der Waals surface area contributed by atoms with Crippen molar-refractivity contribution >= 4 is 28.0 Å². The first-order valence-corrected chi connectivity index (χ1v) is 6.49. The lowest BCUT2D eigenvalue weighted by Gasteiger charge is -2.16. The lowest BCUT2D eigenvalue weighted by Crippen LogP contribution is -2.17. The summed E-state index contributed by atoms with van der Waals surface area (Å²) in [6.07, 6.45) is 3.65. The van der Waals surface area contributed by atoms with Gasteiger partial charge in [0.2, 0.25) is 0 Å². The third-order valence-electron chi connectivity index (χ3n) is 2.79. The maximum Gasteiger partial charge on any atom is 0.350 e. The van der Waals surface area contributed by atoms with E-state index in [1.165, 1.54) is 18.4 Å². The Morgan fingerprint density at radius 2 is 2.37 bits per heavy atom. The fourth-order valence-electron chi connectivity index (χ4n) is 1.67. The second-order valence-corrected chi connectivity index (χ2v) is 5.20. The summed E-state index contributed by atoms with van der Waals surface area (Å²) >= 11 is 1.32. The Morgan fingerprint density at radius 3 is 2.95 bits per heavy atom. The first-order chi connectivity index (χ1) is 9.02. The molecule has 0 aliphatic rings. The molecule has 2 aromatic rings. The van der Waals surface area contributed by atoms with Gasteiger partial charge in [0.05, 0.1) is 24.3 Å². The molecular weight excluding hydrogens is 264 g/mol. The molecule has 2 N–H and O–H groups in total. The molecule has 19 heavy (non-hydrogen) atoms. The van der Waals surface area contributed by atoms with E-state index >= 15 is 0 Å². The maximum atomic E-state index is 11.5. The zero-order chi connectivity index (χ0) is 14.0. The number of anilines is 2. The van der Waals surface area contributed by atoms with Crippen LogP contribution in [0.2, 0.25) is 0 Å². The molecule has 0 bridgehead atoms. The van der Waals surface area contributed by atoms with Crippen molar-refractivity contribution in [3.63, 3.8) is 0 Å². The van der Waals surface area contributed by atoms with Crippen LogP contribution < -0.4 is 10.6 Å². The normalized spacial score (nSPS) is 10.5. The lowest BCUT2D eigenvalue weighted by molar-refractivity contribution is 0.0607. The SMILES string of the molecule is COC(=O)c1sc(N(C)Cc2nccn2C)cc1N. The number of nitrogen functional groups attached to an aromatic ring is 1. The maximum absolute atomic E-state index is 11.5. The van der Waals surface area contributed by atoms with Crippen LogP contribution in [0.3, 0.4) is 0 Å². The number of carbonyl (C=O) groups excluding carboxylic acids is 1. The van der Waals surface area contributed by atoms with E-state index in [0.717, 1.165) is 10.8 Å². The van der Waals surface area contributed by atoms with Gasteiger partial charge in [-0.15, -0.1) is 11.3 Å². The lowest BCUT2D eigenvalue weighted by atomic mass is 10.4. The van der Waals surface area contributed by atoms with E-state index in [2.05, 4.69) is 4.98 Å². The van der Waals surface area contributed by atoms with Crippen LogP contribution >= 0.6 is 11.3 Å². The number of thiophene rings is 1.